The normalized spacial score (nSPS) is 20.2. The molecule has 1 aromatic rings. The third kappa shape index (κ3) is 6.31. The number of hydrogen-bond acceptors (Lipinski definition) is 4. The fourth-order valence-corrected chi connectivity index (χ4v) is 4.14. The van der Waals surface area contributed by atoms with Crippen LogP contribution in [0, 0.1) is 5.92 Å². The molecule has 0 radical (unpaired) electrons. The van der Waals surface area contributed by atoms with Gasteiger partial charge in [-0.2, -0.15) is 0 Å². The van der Waals surface area contributed by atoms with Crippen LogP contribution in [0.4, 0.5) is 5.69 Å². The van der Waals surface area contributed by atoms with Crippen molar-refractivity contribution in [3.05, 3.63) is 29.8 Å². The van der Waals surface area contributed by atoms with E-state index in [0.717, 1.165) is 0 Å². The molecule has 0 aromatic heterocycles. The Morgan fingerprint density at radius 3 is 2.25 bits per heavy atom. The number of amides is 2. The summed E-state index contributed by atoms with van der Waals surface area (Å²) in [4.78, 5) is 24.7. The summed E-state index contributed by atoms with van der Waals surface area (Å²) in [5.74, 6) is -0.427. The summed E-state index contributed by atoms with van der Waals surface area (Å²) in [6.45, 7) is 7.08. The minimum atomic E-state index is -3.29. The van der Waals surface area contributed by atoms with Gasteiger partial charge in [0.15, 0.2) is 0 Å². The molecule has 1 aromatic carbocycles. The lowest BCUT2D eigenvalue weighted by molar-refractivity contribution is -0.120. The van der Waals surface area contributed by atoms with Gasteiger partial charge in [-0.1, -0.05) is 6.07 Å². The van der Waals surface area contributed by atoms with E-state index in [-0.39, 0.29) is 29.8 Å². The number of sulfonamides is 1. The number of hydrogen-bond donors (Lipinski definition) is 3. The number of benzene rings is 1. The number of anilines is 1. The van der Waals surface area contributed by atoms with Gasteiger partial charge < -0.3 is 10.6 Å². The second kappa shape index (κ2) is 9.52. The molecule has 1 aliphatic rings. The second-order valence-corrected chi connectivity index (χ2v) is 10.2. The van der Waals surface area contributed by atoms with Gasteiger partial charge in [0.1, 0.15) is 0 Å². The molecule has 0 atom stereocenters. The number of carbonyl (C=O) groups is 2. The molecule has 28 heavy (non-hydrogen) atoms. The van der Waals surface area contributed by atoms with Crippen LogP contribution >= 0.6 is 0 Å². The number of rotatable bonds is 7. The van der Waals surface area contributed by atoms with E-state index in [2.05, 4.69) is 15.4 Å². The summed E-state index contributed by atoms with van der Waals surface area (Å²) in [5.41, 5.74) is 1.09. The topological polar surface area (TPSA) is 104 Å². The molecule has 8 heteroatoms. The first-order valence-corrected chi connectivity index (χ1v) is 11.4. The van der Waals surface area contributed by atoms with Gasteiger partial charge in [-0.05, 0) is 71.6 Å². The second-order valence-electron chi connectivity index (χ2n) is 7.96. The van der Waals surface area contributed by atoms with Crippen LogP contribution in [0.15, 0.2) is 24.3 Å². The Labute approximate surface area is 167 Å². The lowest BCUT2D eigenvalue weighted by atomic mass is 9.86. The fourth-order valence-electron chi connectivity index (χ4n) is 3.17. The van der Waals surface area contributed by atoms with E-state index in [0.29, 0.717) is 36.9 Å². The van der Waals surface area contributed by atoms with Crippen LogP contribution in [-0.2, 0) is 14.8 Å². The molecule has 0 bridgehead atoms. The maximum atomic E-state index is 12.6. The lowest BCUT2D eigenvalue weighted by Gasteiger charge is -2.28. The number of nitrogens with one attached hydrogen (secondary N) is 3. The van der Waals surface area contributed by atoms with E-state index in [1.54, 1.807) is 38.1 Å². The molecule has 2 amide bonds. The smallest absolute Gasteiger partial charge is 0.251 e. The van der Waals surface area contributed by atoms with Crippen LogP contribution in [0.25, 0.3) is 0 Å². The first kappa shape index (κ1) is 22.4. The quantitative estimate of drug-likeness (QED) is 0.644. The molecular formula is C20H31N3O4S. The average molecular weight is 410 g/mol. The molecular weight excluding hydrogens is 378 g/mol. The van der Waals surface area contributed by atoms with Crippen molar-refractivity contribution >= 4 is 27.5 Å². The predicted molar refractivity (Wildman–Crippen MR) is 111 cm³/mol. The summed E-state index contributed by atoms with van der Waals surface area (Å²) in [7, 11) is -3.29. The maximum absolute atomic E-state index is 12.6. The molecule has 2 rings (SSSR count). The molecule has 1 fully saturated rings. The fraction of sp³-hybridized carbons (Fsp3) is 0.600. The highest BCUT2D eigenvalue weighted by atomic mass is 32.2. The van der Waals surface area contributed by atoms with Crippen molar-refractivity contribution in [1.29, 1.82) is 0 Å². The van der Waals surface area contributed by atoms with E-state index in [4.69, 9.17) is 0 Å². The van der Waals surface area contributed by atoms with Crippen LogP contribution in [0.5, 0.6) is 0 Å². The molecule has 1 aliphatic carbocycles. The highest BCUT2D eigenvalue weighted by Gasteiger charge is 2.29. The largest absolute Gasteiger partial charge is 0.350 e. The minimum Gasteiger partial charge on any atom is -0.350 e. The van der Waals surface area contributed by atoms with Gasteiger partial charge in [0.2, 0.25) is 15.9 Å². The van der Waals surface area contributed by atoms with E-state index >= 15 is 0 Å². The third-order valence-corrected chi connectivity index (χ3v) is 6.76. The van der Waals surface area contributed by atoms with Gasteiger partial charge in [0.05, 0.1) is 5.25 Å². The molecule has 0 saturated heterocycles. The Hall–Kier alpha value is -1.93. The van der Waals surface area contributed by atoms with E-state index in [1.165, 1.54) is 0 Å². The van der Waals surface area contributed by atoms with Crippen LogP contribution in [0.1, 0.15) is 63.7 Å². The van der Waals surface area contributed by atoms with E-state index < -0.39 is 15.3 Å². The Kier molecular flexibility index (Phi) is 7.60. The molecule has 7 nitrogen and oxygen atoms in total. The van der Waals surface area contributed by atoms with Gasteiger partial charge >= 0.3 is 0 Å². The Bertz CT molecular complexity index is 797. The van der Waals surface area contributed by atoms with Gasteiger partial charge in [0, 0.05) is 29.3 Å². The molecule has 156 valence electrons. The van der Waals surface area contributed by atoms with Crippen LogP contribution in [0.3, 0.4) is 0 Å². The standard InChI is InChI=1S/C20H31N3O4S/c1-13(2)21-20(25)16-6-5-7-18(12-16)22-19(24)15-8-10-17(11-9-15)23-28(26,27)14(3)4/h5-7,12-15,17,23H,8-11H2,1-4H3,(H,21,25)(H,22,24). The average Bonchev–Trinajstić information content (AvgIpc) is 2.61. The number of carbonyl (C=O) groups excluding carboxylic acids is 2. The minimum absolute atomic E-state index is 0.0362. The van der Waals surface area contributed by atoms with Crippen LogP contribution < -0.4 is 15.4 Å². The van der Waals surface area contributed by atoms with Gasteiger partial charge in [-0.25, -0.2) is 13.1 Å². The van der Waals surface area contributed by atoms with Gasteiger partial charge in [0.25, 0.3) is 5.91 Å². The summed E-state index contributed by atoms with van der Waals surface area (Å²) >= 11 is 0. The predicted octanol–water partition coefficient (Wildman–Crippen LogP) is 2.65. The van der Waals surface area contributed by atoms with Crippen molar-refractivity contribution in [2.24, 2.45) is 5.92 Å². The van der Waals surface area contributed by atoms with Crippen molar-refractivity contribution in [2.45, 2.75) is 70.7 Å². The summed E-state index contributed by atoms with van der Waals surface area (Å²) in [6, 6.07) is 6.79. The zero-order valence-corrected chi connectivity index (χ0v) is 17.8. The molecule has 0 spiro atoms. The Balaban J connectivity index is 1.90. The SMILES string of the molecule is CC(C)NC(=O)c1cccc(NC(=O)C2CCC(NS(=O)(=O)C(C)C)CC2)c1. The highest BCUT2D eigenvalue weighted by Crippen LogP contribution is 2.26. The summed E-state index contributed by atoms with van der Waals surface area (Å²) in [5, 5.41) is 5.25. The monoisotopic (exact) mass is 409 g/mol. The van der Waals surface area contributed by atoms with Crippen molar-refractivity contribution in [2.75, 3.05) is 5.32 Å². The zero-order chi connectivity index (χ0) is 20.9. The van der Waals surface area contributed by atoms with Crippen LogP contribution in [-0.4, -0.2) is 37.6 Å². The van der Waals surface area contributed by atoms with Gasteiger partial charge in [-0.3, -0.25) is 9.59 Å². The van der Waals surface area contributed by atoms with E-state index in [1.807, 2.05) is 13.8 Å². The van der Waals surface area contributed by atoms with Gasteiger partial charge in [-0.15, -0.1) is 0 Å². The maximum Gasteiger partial charge on any atom is 0.251 e. The molecule has 1 saturated carbocycles. The van der Waals surface area contributed by atoms with Crippen molar-refractivity contribution in [1.82, 2.24) is 10.0 Å². The molecule has 0 heterocycles. The third-order valence-electron chi connectivity index (χ3n) is 4.86. The van der Waals surface area contributed by atoms with E-state index in [9.17, 15) is 18.0 Å². The van der Waals surface area contributed by atoms with Crippen molar-refractivity contribution in [3.63, 3.8) is 0 Å². The van der Waals surface area contributed by atoms with Crippen molar-refractivity contribution in [3.8, 4) is 0 Å². The summed E-state index contributed by atoms with van der Waals surface area (Å²) in [6.07, 6.45) is 2.54. The van der Waals surface area contributed by atoms with Crippen LogP contribution in [0.2, 0.25) is 0 Å². The van der Waals surface area contributed by atoms with Crippen molar-refractivity contribution < 1.29 is 18.0 Å². The Morgan fingerprint density at radius 1 is 1.04 bits per heavy atom. The lowest BCUT2D eigenvalue weighted by Crippen LogP contribution is -2.42. The Morgan fingerprint density at radius 2 is 1.68 bits per heavy atom. The summed E-state index contributed by atoms with van der Waals surface area (Å²) < 4.78 is 26.7. The molecule has 0 unspecified atom stereocenters. The molecule has 3 N–H and O–H groups in total. The molecule has 0 aliphatic heterocycles. The first-order chi connectivity index (χ1) is 13.1. The highest BCUT2D eigenvalue weighted by molar-refractivity contribution is 7.90. The first-order valence-electron chi connectivity index (χ1n) is 9.81. The zero-order valence-electron chi connectivity index (χ0n) is 17.0.